The molecule has 1 amide bonds. The van der Waals surface area contributed by atoms with Crippen molar-refractivity contribution in [1.29, 1.82) is 0 Å². The lowest BCUT2D eigenvalue weighted by atomic mass is 9.78. The number of ether oxygens (including phenoxy) is 1. The smallest absolute Gasteiger partial charge is 0.249 e. The number of pyridine rings is 1. The Bertz CT molecular complexity index is 522. The fraction of sp³-hybridized carbons (Fsp3) is 0.667. The number of nitrogens with one attached hydrogen (secondary N) is 1. The molecule has 1 heterocycles. The van der Waals surface area contributed by atoms with Crippen LogP contribution in [-0.2, 0) is 15.1 Å². The summed E-state index contributed by atoms with van der Waals surface area (Å²) >= 11 is 0. The lowest BCUT2D eigenvalue weighted by Crippen LogP contribution is -2.45. The highest BCUT2D eigenvalue weighted by Crippen LogP contribution is 2.36. The number of aliphatic hydroxyl groups is 1. The van der Waals surface area contributed by atoms with Crippen molar-refractivity contribution in [3.63, 3.8) is 0 Å². The fourth-order valence-electron chi connectivity index (χ4n) is 3.13. The summed E-state index contributed by atoms with van der Waals surface area (Å²) < 4.78 is 5.61. The summed E-state index contributed by atoms with van der Waals surface area (Å²) in [5.41, 5.74) is 0.0507. The minimum atomic E-state index is -0.816. The van der Waals surface area contributed by atoms with Crippen LogP contribution in [0.5, 0.6) is 0 Å². The zero-order valence-electron chi connectivity index (χ0n) is 13.7. The molecule has 5 heteroatoms. The van der Waals surface area contributed by atoms with Gasteiger partial charge in [-0.1, -0.05) is 6.07 Å². The molecule has 2 aliphatic carbocycles. The summed E-state index contributed by atoms with van der Waals surface area (Å²) in [5, 5.41) is 13.8. The summed E-state index contributed by atoms with van der Waals surface area (Å²) in [6.45, 7) is 2.51. The second-order valence-corrected chi connectivity index (χ2v) is 6.98. The Balaban J connectivity index is 1.46. The molecule has 0 aliphatic heterocycles. The molecule has 1 aromatic rings. The predicted octanol–water partition coefficient (Wildman–Crippen LogP) is 2.14. The van der Waals surface area contributed by atoms with Gasteiger partial charge < -0.3 is 15.2 Å². The van der Waals surface area contributed by atoms with Crippen molar-refractivity contribution >= 4 is 5.91 Å². The Labute approximate surface area is 137 Å². The number of amides is 1. The number of nitrogens with zero attached hydrogens (tertiary/aromatic N) is 1. The molecule has 23 heavy (non-hydrogen) atoms. The first-order valence-corrected chi connectivity index (χ1v) is 8.62. The van der Waals surface area contributed by atoms with Crippen LogP contribution in [-0.4, -0.2) is 34.8 Å². The summed E-state index contributed by atoms with van der Waals surface area (Å²) in [5.74, 6) is 0.622. The summed E-state index contributed by atoms with van der Waals surface area (Å²) in [6.07, 6.45) is 8.32. The Morgan fingerprint density at radius 1 is 1.43 bits per heavy atom. The molecule has 1 aromatic heterocycles. The van der Waals surface area contributed by atoms with Crippen molar-refractivity contribution in [2.45, 2.75) is 63.2 Å². The van der Waals surface area contributed by atoms with Crippen molar-refractivity contribution in [1.82, 2.24) is 10.3 Å². The van der Waals surface area contributed by atoms with Crippen LogP contribution in [0.15, 0.2) is 24.5 Å². The monoisotopic (exact) mass is 318 g/mol. The van der Waals surface area contributed by atoms with E-state index in [-0.39, 0.29) is 11.9 Å². The van der Waals surface area contributed by atoms with Gasteiger partial charge in [-0.2, -0.15) is 0 Å². The van der Waals surface area contributed by atoms with Crippen LogP contribution in [0, 0.1) is 5.92 Å². The maximum atomic E-state index is 12.2. The number of hydrogen-bond donors (Lipinski definition) is 2. The van der Waals surface area contributed by atoms with E-state index in [1.54, 1.807) is 12.4 Å². The van der Waals surface area contributed by atoms with E-state index in [0.29, 0.717) is 25.4 Å². The van der Waals surface area contributed by atoms with Gasteiger partial charge >= 0.3 is 0 Å². The Kier molecular flexibility index (Phi) is 4.97. The van der Waals surface area contributed by atoms with Crippen LogP contribution in [0.1, 0.15) is 51.0 Å². The number of aromatic nitrogens is 1. The second-order valence-electron chi connectivity index (χ2n) is 6.98. The van der Waals surface area contributed by atoms with E-state index in [2.05, 4.69) is 10.3 Å². The zero-order chi connectivity index (χ0) is 16.3. The van der Waals surface area contributed by atoms with E-state index < -0.39 is 11.7 Å². The third kappa shape index (κ3) is 4.30. The van der Waals surface area contributed by atoms with Gasteiger partial charge in [0, 0.05) is 24.0 Å². The molecule has 5 nitrogen and oxygen atoms in total. The highest BCUT2D eigenvalue weighted by Gasteiger charge is 2.35. The molecule has 0 radical (unpaired) electrons. The van der Waals surface area contributed by atoms with Crippen molar-refractivity contribution in [2.24, 2.45) is 5.92 Å². The number of carbonyl (C=O) groups excluding carboxylic acids is 1. The van der Waals surface area contributed by atoms with Gasteiger partial charge in [-0.05, 0) is 57.4 Å². The molecule has 0 aromatic carbocycles. The van der Waals surface area contributed by atoms with Crippen LogP contribution in [0.4, 0.5) is 0 Å². The first kappa shape index (κ1) is 16.4. The normalized spacial score (nSPS) is 29.0. The van der Waals surface area contributed by atoms with Crippen molar-refractivity contribution in [2.75, 3.05) is 6.61 Å². The molecular formula is C18H26N2O3. The molecule has 0 unspecified atom stereocenters. The van der Waals surface area contributed by atoms with Gasteiger partial charge in [0.05, 0.1) is 12.2 Å². The average molecular weight is 318 g/mol. The molecule has 2 fully saturated rings. The number of carbonyl (C=O) groups is 1. The van der Waals surface area contributed by atoms with Crippen molar-refractivity contribution in [3.8, 4) is 0 Å². The highest BCUT2D eigenvalue weighted by molar-refractivity contribution is 5.80. The SMILES string of the molecule is C[C@H](OCC1CC1)C(=O)NC1CCC(O)(c2cccnc2)CC1. The minimum Gasteiger partial charge on any atom is -0.385 e. The minimum absolute atomic E-state index is 0.0394. The molecule has 3 rings (SSSR count). The summed E-state index contributed by atoms with van der Waals surface area (Å²) in [7, 11) is 0. The van der Waals surface area contributed by atoms with E-state index in [9.17, 15) is 9.90 Å². The Hall–Kier alpha value is -1.46. The van der Waals surface area contributed by atoms with E-state index in [4.69, 9.17) is 4.74 Å². The Morgan fingerprint density at radius 3 is 2.78 bits per heavy atom. The van der Waals surface area contributed by atoms with Crippen LogP contribution in [0.3, 0.4) is 0 Å². The quantitative estimate of drug-likeness (QED) is 0.843. The standard InChI is InChI=1S/C18H26N2O3/c1-13(23-12-14-4-5-14)17(21)20-16-6-8-18(22,9-7-16)15-3-2-10-19-11-15/h2-3,10-11,13-14,16,22H,4-9,12H2,1H3,(H,20,21)/t13-,16?,18?/m0/s1. The van der Waals surface area contributed by atoms with E-state index >= 15 is 0 Å². The maximum Gasteiger partial charge on any atom is 0.249 e. The van der Waals surface area contributed by atoms with Gasteiger partial charge in [0.2, 0.25) is 5.91 Å². The summed E-state index contributed by atoms with van der Waals surface area (Å²) in [4.78, 5) is 16.3. The highest BCUT2D eigenvalue weighted by atomic mass is 16.5. The molecule has 0 bridgehead atoms. The lowest BCUT2D eigenvalue weighted by molar-refractivity contribution is -0.133. The first-order valence-electron chi connectivity index (χ1n) is 8.62. The van der Waals surface area contributed by atoms with Gasteiger partial charge in [0.15, 0.2) is 0 Å². The van der Waals surface area contributed by atoms with Crippen molar-refractivity contribution < 1.29 is 14.6 Å². The average Bonchev–Trinajstić information content (AvgIpc) is 3.40. The largest absolute Gasteiger partial charge is 0.385 e. The lowest BCUT2D eigenvalue weighted by Gasteiger charge is -2.36. The van der Waals surface area contributed by atoms with Crippen LogP contribution < -0.4 is 5.32 Å². The molecule has 2 N–H and O–H groups in total. The predicted molar refractivity (Wildman–Crippen MR) is 86.7 cm³/mol. The van der Waals surface area contributed by atoms with Crippen LogP contribution >= 0.6 is 0 Å². The third-order valence-electron chi connectivity index (χ3n) is 5.01. The fourth-order valence-corrected chi connectivity index (χ4v) is 3.13. The molecule has 0 saturated heterocycles. The van der Waals surface area contributed by atoms with Gasteiger partial charge in [0.1, 0.15) is 6.10 Å². The Morgan fingerprint density at radius 2 is 2.17 bits per heavy atom. The second kappa shape index (κ2) is 6.97. The van der Waals surface area contributed by atoms with Gasteiger partial charge in [0.25, 0.3) is 0 Å². The van der Waals surface area contributed by atoms with E-state index in [0.717, 1.165) is 18.4 Å². The molecule has 2 saturated carbocycles. The zero-order valence-corrected chi connectivity index (χ0v) is 13.7. The van der Waals surface area contributed by atoms with Gasteiger partial charge in [-0.15, -0.1) is 0 Å². The van der Waals surface area contributed by atoms with E-state index in [1.807, 2.05) is 19.1 Å². The van der Waals surface area contributed by atoms with Crippen LogP contribution in [0.25, 0.3) is 0 Å². The van der Waals surface area contributed by atoms with Crippen LogP contribution in [0.2, 0.25) is 0 Å². The van der Waals surface area contributed by atoms with Gasteiger partial charge in [-0.3, -0.25) is 9.78 Å². The topological polar surface area (TPSA) is 71.5 Å². The molecule has 2 aliphatic rings. The van der Waals surface area contributed by atoms with Crippen molar-refractivity contribution in [3.05, 3.63) is 30.1 Å². The maximum absolute atomic E-state index is 12.2. The molecule has 1 atom stereocenters. The van der Waals surface area contributed by atoms with Gasteiger partial charge in [-0.25, -0.2) is 0 Å². The molecule has 0 spiro atoms. The molecular weight excluding hydrogens is 292 g/mol. The summed E-state index contributed by atoms with van der Waals surface area (Å²) in [6, 6.07) is 3.88. The van der Waals surface area contributed by atoms with E-state index in [1.165, 1.54) is 12.8 Å². The third-order valence-corrected chi connectivity index (χ3v) is 5.01. The molecule has 126 valence electrons. The number of hydrogen-bond acceptors (Lipinski definition) is 4. The first-order chi connectivity index (χ1) is 11.1. The number of rotatable bonds is 6.